The van der Waals surface area contributed by atoms with Crippen molar-refractivity contribution in [3.63, 3.8) is 0 Å². The summed E-state index contributed by atoms with van der Waals surface area (Å²) in [5.74, 6) is 2.89. The number of rotatable bonds is 7. The summed E-state index contributed by atoms with van der Waals surface area (Å²) < 4.78 is 16.3. The van der Waals surface area contributed by atoms with Crippen molar-refractivity contribution in [1.82, 2.24) is 5.32 Å². The molecule has 0 amide bonds. The molecular formula is C19H25N3O3. The van der Waals surface area contributed by atoms with Gasteiger partial charge >= 0.3 is 0 Å². The molecule has 0 unspecified atom stereocenters. The highest BCUT2D eigenvalue weighted by Crippen LogP contribution is 2.29. The van der Waals surface area contributed by atoms with E-state index in [1.165, 1.54) is 0 Å². The van der Waals surface area contributed by atoms with Gasteiger partial charge in [-0.1, -0.05) is 18.2 Å². The van der Waals surface area contributed by atoms with Crippen molar-refractivity contribution >= 4 is 11.6 Å². The standard InChI is InChI=1S/C19H25N3O3/c1-14-7-5-6-8-16(14)25-12-11-21-19(20-2)22-15-9-10-17(23-3)18(13-15)24-4/h5-10,13H,11-12H2,1-4H3,(H2,20,21,22). The first-order chi connectivity index (χ1) is 12.2. The van der Waals surface area contributed by atoms with Crippen LogP contribution in [0, 0.1) is 6.92 Å². The summed E-state index contributed by atoms with van der Waals surface area (Å²) in [6.07, 6.45) is 0. The van der Waals surface area contributed by atoms with Crippen molar-refractivity contribution in [2.24, 2.45) is 4.99 Å². The number of aliphatic imine (C=N–C) groups is 1. The molecule has 0 saturated heterocycles. The average molecular weight is 343 g/mol. The lowest BCUT2D eigenvalue weighted by Crippen LogP contribution is -2.33. The molecule has 0 radical (unpaired) electrons. The SMILES string of the molecule is CN=C(NCCOc1ccccc1C)Nc1ccc(OC)c(OC)c1. The summed E-state index contributed by atoms with van der Waals surface area (Å²) in [5, 5.41) is 6.43. The largest absolute Gasteiger partial charge is 0.493 e. The Hall–Kier alpha value is -2.89. The Bertz CT molecular complexity index is 717. The fourth-order valence-corrected chi connectivity index (χ4v) is 2.28. The van der Waals surface area contributed by atoms with Gasteiger partial charge in [-0.25, -0.2) is 0 Å². The van der Waals surface area contributed by atoms with Gasteiger partial charge in [0.1, 0.15) is 12.4 Å². The van der Waals surface area contributed by atoms with Crippen LogP contribution in [0.3, 0.4) is 0 Å². The van der Waals surface area contributed by atoms with Gasteiger partial charge in [0.25, 0.3) is 0 Å². The number of ether oxygens (including phenoxy) is 3. The molecule has 6 heteroatoms. The fraction of sp³-hybridized carbons (Fsp3) is 0.316. The first-order valence-electron chi connectivity index (χ1n) is 8.06. The van der Waals surface area contributed by atoms with Crippen molar-refractivity contribution in [2.45, 2.75) is 6.92 Å². The van der Waals surface area contributed by atoms with Gasteiger partial charge in [0.2, 0.25) is 0 Å². The minimum atomic E-state index is 0.539. The van der Waals surface area contributed by atoms with Crippen molar-refractivity contribution in [1.29, 1.82) is 0 Å². The molecule has 0 aliphatic carbocycles. The van der Waals surface area contributed by atoms with Crippen LogP contribution in [0.5, 0.6) is 17.2 Å². The summed E-state index contributed by atoms with van der Waals surface area (Å²) in [5.41, 5.74) is 1.97. The number of hydrogen-bond donors (Lipinski definition) is 2. The first-order valence-corrected chi connectivity index (χ1v) is 8.06. The molecule has 0 saturated carbocycles. The van der Waals surface area contributed by atoms with E-state index in [-0.39, 0.29) is 0 Å². The van der Waals surface area contributed by atoms with E-state index in [0.717, 1.165) is 17.0 Å². The molecule has 0 aromatic heterocycles. The topological polar surface area (TPSA) is 64.1 Å². The van der Waals surface area contributed by atoms with E-state index in [1.807, 2.05) is 49.4 Å². The summed E-state index contributed by atoms with van der Waals surface area (Å²) in [6, 6.07) is 13.6. The van der Waals surface area contributed by atoms with Crippen LogP contribution in [0.4, 0.5) is 5.69 Å². The predicted octanol–water partition coefficient (Wildman–Crippen LogP) is 3.08. The maximum atomic E-state index is 5.77. The summed E-state index contributed by atoms with van der Waals surface area (Å²) >= 11 is 0. The Morgan fingerprint density at radius 1 is 1.00 bits per heavy atom. The van der Waals surface area contributed by atoms with Gasteiger partial charge in [-0.05, 0) is 30.7 Å². The highest BCUT2D eigenvalue weighted by atomic mass is 16.5. The number of para-hydroxylation sites is 1. The van der Waals surface area contributed by atoms with Crippen LogP contribution < -0.4 is 24.8 Å². The number of nitrogens with zero attached hydrogens (tertiary/aromatic N) is 1. The third kappa shape index (κ3) is 5.31. The Labute approximate surface area is 148 Å². The van der Waals surface area contributed by atoms with E-state index in [0.29, 0.717) is 30.6 Å². The molecule has 134 valence electrons. The van der Waals surface area contributed by atoms with Gasteiger partial charge in [-0.2, -0.15) is 0 Å². The molecule has 25 heavy (non-hydrogen) atoms. The second-order valence-electron chi connectivity index (χ2n) is 5.31. The molecular weight excluding hydrogens is 318 g/mol. The molecule has 2 N–H and O–H groups in total. The Balaban J connectivity index is 1.86. The van der Waals surface area contributed by atoms with Gasteiger partial charge in [0.05, 0.1) is 20.8 Å². The highest BCUT2D eigenvalue weighted by molar-refractivity contribution is 5.93. The Morgan fingerprint density at radius 3 is 2.44 bits per heavy atom. The number of benzene rings is 2. The van der Waals surface area contributed by atoms with Crippen molar-refractivity contribution < 1.29 is 14.2 Å². The molecule has 6 nitrogen and oxygen atoms in total. The van der Waals surface area contributed by atoms with Crippen LogP contribution in [-0.4, -0.2) is 40.4 Å². The molecule has 0 aliphatic heterocycles. The second-order valence-corrected chi connectivity index (χ2v) is 5.31. The minimum absolute atomic E-state index is 0.539. The second kappa shape index (κ2) is 9.42. The van der Waals surface area contributed by atoms with Crippen LogP contribution in [0.2, 0.25) is 0 Å². The predicted molar refractivity (Wildman–Crippen MR) is 101 cm³/mol. The van der Waals surface area contributed by atoms with Crippen molar-refractivity contribution in [3.05, 3.63) is 48.0 Å². The van der Waals surface area contributed by atoms with Gasteiger partial charge in [-0.3, -0.25) is 4.99 Å². The number of nitrogens with one attached hydrogen (secondary N) is 2. The first kappa shape index (κ1) is 18.4. The van der Waals surface area contributed by atoms with E-state index in [9.17, 15) is 0 Å². The third-order valence-electron chi connectivity index (χ3n) is 3.62. The van der Waals surface area contributed by atoms with Crippen LogP contribution >= 0.6 is 0 Å². The van der Waals surface area contributed by atoms with Gasteiger partial charge in [0, 0.05) is 18.8 Å². The third-order valence-corrected chi connectivity index (χ3v) is 3.62. The van der Waals surface area contributed by atoms with Crippen LogP contribution in [0.1, 0.15) is 5.56 Å². The zero-order valence-corrected chi connectivity index (χ0v) is 15.1. The van der Waals surface area contributed by atoms with E-state index in [2.05, 4.69) is 15.6 Å². The molecule has 0 bridgehead atoms. The van der Waals surface area contributed by atoms with E-state index < -0.39 is 0 Å². The zero-order valence-electron chi connectivity index (χ0n) is 15.1. The molecule has 0 aliphatic rings. The monoisotopic (exact) mass is 343 g/mol. The Kier molecular flexibility index (Phi) is 6.95. The van der Waals surface area contributed by atoms with Gasteiger partial charge in [0.15, 0.2) is 17.5 Å². The maximum absolute atomic E-state index is 5.77. The molecule has 0 atom stereocenters. The molecule has 0 spiro atoms. The lowest BCUT2D eigenvalue weighted by Gasteiger charge is -2.14. The molecule has 2 rings (SSSR count). The van der Waals surface area contributed by atoms with Crippen LogP contribution in [-0.2, 0) is 0 Å². The number of hydrogen-bond acceptors (Lipinski definition) is 4. The molecule has 0 fully saturated rings. The molecule has 0 heterocycles. The van der Waals surface area contributed by atoms with Gasteiger partial charge < -0.3 is 24.8 Å². The molecule has 2 aromatic rings. The smallest absolute Gasteiger partial charge is 0.195 e. The summed E-state index contributed by atoms with van der Waals surface area (Å²) in [7, 11) is 4.94. The highest BCUT2D eigenvalue weighted by Gasteiger charge is 2.06. The number of methoxy groups -OCH3 is 2. The van der Waals surface area contributed by atoms with Gasteiger partial charge in [-0.15, -0.1) is 0 Å². The average Bonchev–Trinajstić information content (AvgIpc) is 2.65. The molecule has 2 aromatic carbocycles. The zero-order chi connectivity index (χ0) is 18.1. The normalized spacial score (nSPS) is 11.0. The summed E-state index contributed by atoms with van der Waals surface area (Å²) in [4.78, 5) is 4.21. The van der Waals surface area contributed by atoms with Crippen LogP contribution in [0.15, 0.2) is 47.5 Å². The number of guanidine groups is 1. The van der Waals surface area contributed by atoms with E-state index >= 15 is 0 Å². The number of anilines is 1. The lowest BCUT2D eigenvalue weighted by atomic mass is 10.2. The summed E-state index contributed by atoms with van der Waals surface area (Å²) in [6.45, 7) is 3.19. The Morgan fingerprint density at radius 2 is 1.76 bits per heavy atom. The maximum Gasteiger partial charge on any atom is 0.195 e. The van der Waals surface area contributed by atoms with Crippen molar-refractivity contribution in [2.75, 3.05) is 39.7 Å². The number of aryl methyl sites for hydroxylation is 1. The minimum Gasteiger partial charge on any atom is -0.493 e. The van der Waals surface area contributed by atoms with Crippen LogP contribution in [0.25, 0.3) is 0 Å². The van der Waals surface area contributed by atoms with E-state index in [4.69, 9.17) is 14.2 Å². The van der Waals surface area contributed by atoms with E-state index in [1.54, 1.807) is 21.3 Å². The lowest BCUT2D eigenvalue weighted by molar-refractivity contribution is 0.320. The van der Waals surface area contributed by atoms with Crippen molar-refractivity contribution in [3.8, 4) is 17.2 Å². The fourth-order valence-electron chi connectivity index (χ4n) is 2.28. The quantitative estimate of drug-likeness (QED) is 0.459.